The van der Waals surface area contributed by atoms with Crippen LogP contribution >= 0.6 is 15.9 Å². The Kier molecular flexibility index (Phi) is 7.61. The smallest absolute Gasteiger partial charge is 0.408 e. The summed E-state index contributed by atoms with van der Waals surface area (Å²) < 4.78 is 5.89. The molecule has 2 amide bonds. The van der Waals surface area contributed by atoms with E-state index in [0.29, 0.717) is 11.0 Å². The van der Waals surface area contributed by atoms with Gasteiger partial charge in [-0.2, -0.15) is 0 Å². The monoisotopic (exact) mass is 476 g/mol. The number of aromatic hydroxyl groups is 1. The van der Waals surface area contributed by atoms with E-state index in [-0.39, 0.29) is 37.3 Å². The van der Waals surface area contributed by atoms with Crippen LogP contribution in [0.5, 0.6) is 5.75 Å². The van der Waals surface area contributed by atoms with Gasteiger partial charge in [0.1, 0.15) is 23.0 Å². The van der Waals surface area contributed by atoms with Crippen LogP contribution in [-0.2, 0) is 27.4 Å². The molecule has 3 rings (SSSR count). The van der Waals surface area contributed by atoms with Crippen LogP contribution in [0.15, 0.2) is 53.9 Å². The van der Waals surface area contributed by atoms with Gasteiger partial charge in [-0.05, 0) is 51.3 Å². The van der Waals surface area contributed by atoms with Crippen molar-refractivity contribution < 1.29 is 24.3 Å². The van der Waals surface area contributed by atoms with Crippen molar-refractivity contribution in [3.63, 3.8) is 0 Å². The molecule has 0 saturated carbocycles. The van der Waals surface area contributed by atoms with Crippen LogP contribution in [0.1, 0.15) is 17.5 Å². The number of carbonyl (C=O) groups excluding carboxylic acids is 2. The van der Waals surface area contributed by atoms with Crippen LogP contribution in [0.4, 0.5) is 4.79 Å². The van der Waals surface area contributed by atoms with E-state index in [1.807, 2.05) is 0 Å². The van der Waals surface area contributed by atoms with Crippen molar-refractivity contribution in [2.24, 2.45) is 5.16 Å². The van der Waals surface area contributed by atoms with Crippen LogP contribution in [0.25, 0.3) is 0 Å². The lowest BCUT2D eigenvalue weighted by molar-refractivity contribution is -0.123. The van der Waals surface area contributed by atoms with E-state index in [2.05, 4.69) is 36.7 Å². The fourth-order valence-corrected chi connectivity index (χ4v) is 3.17. The minimum Gasteiger partial charge on any atom is -0.508 e. The standard InChI is InChI=1S/C20H21BrN4O5/c21-18-10-16(30-25-18)11-23-19(27)17(9-13-1-3-15(26)4-2-13)24-20(28)29-12-14-5-7-22-8-6-14/h1-8,16-17,26H,9-12H2,(H,23,27)(H,24,28)/t16?,17-/m0/s1. The maximum Gasteiger partial charge on any atom is 0.408 e. The minimum absolute atomic E-state index is 0.0587. The molecule has 0 radical (unpaired) electrons. The van der Waals surface area contributed by atoms with Gasteiger partial charge in [-0.1, -0.05) is 17.3 Å². The van der Waals surface area contributed by atoms with E-state index in [0.717, 1.165) is 11.1 Å². The maximum absolute atomic E-state index is 12.7. The molecule has 1 aliphatic heterocycles. The molecule has 0 aliphatic carbocycles. The highest BCUT2D eigenvalue weighted by molar-refractivity contribution is 9.18. The number of rotatable bonds is 8. The number of hydrogen-bond donors (Lipinski definition) is 3. The molecule has 1 aromatic heterocycles. The Bertz CT molecular complexity index is 892. The van der Waals surface area contributed by atoms with E-state index < -0.39 is 12.1 Å². The third-order valence-corrected chi connectivity index (χ3v) is 4.77. The van der Waals surface area contributed by atoms with Crippen LogP contribution in [0, 0.1) is 0 Å². The summed E-state index contributed by atoms with van der Waals surface area (Å²) in [6.45, 7) is 0.306. The van der Waals surface area contributed by atoms with E-state index in [1.54, 1.807) is 36.7 Å². The second-order valence-electron chi connectivity index (χ2n) is 6.64. The molecule has 2 aromatic rings. The predicted molar refractivity (Wildman–Crippen MR) is 112 cm³/mol. The number of pyridine rings is 1. The summed E-state index contributed by atoms with van der Waals surface area (Å²) in [5.41, 5.74) is 1.55. The van der Waals surface area contributed by atoms with Crippen molar-refractivity contribution in [1.82, 2.24) is 15.6 Å². The zero-order valence-corrected chi connectivity index (χ0v) is 17.5. The highest BCUT2D eigenvalue weighted by Crippen LogP contribution is 2.14. The Labute approximate surface area is 181 Å². The normalized spacial score (nSPS) is 16.2. The Balaban J connectivity index is 1.58. The summed E-state index contributed by atoms with van der Waals surface area (Å²) in [4.78, 5) is 34.1. The van der Waals surface area contributed by atoms with Crippen molar-refractivity contribution >= 4 is 32.6 Å². The number of phenolic OH excluding ortho intramolecular Hbond substituents is 1. The molecular weight excluding hydrogens is 456 g/mol. The number of alkyl carbamates (subject to hydrolysis) is 1. The number of nitrogens with one attached hydrogen (secondary N) is 2. The first-order valence-corrected chi connectivity index (χ1v) is 10.0. The summed E-state index contributed by atoms with van der Waals surface area (Å²) in [5.74, 6) is -0.260. The lowest BCUT2D eigenvalue weighted by atomic mass is 10.0. The number of aromatic nitrogens is 1. The number of amides is 2. The SMILES string of the molecule is O=C(N[C@@H](Cc1ccc(O)cc1)C(=O)NCC1CC(Br)=NO1)OCc1ccncc1. The van der Waals surface area contributed by atoms with E-state index in [9.17, 15) is 14.7 Å². The minimum atomic E-state index is -0.870. The maximum atomic E-state index is 12.7. The van der Waals surface area contributed by atoms with Crippen LogP contribution in [0.2, 0.25) is 0 Å². The summed E-state index contributed by atoms with van der Waals surface area (Å²) in [7, 11) is 0. The largest absolute Gasteiger partial charge is 0.508 e. The number of oxime groups is 1. The van der Waals surface area contributed by atoms with Crippen LogP contribution < -0.4 is 10.6 Å². The van der Waals surface area contributed by atoms with E-state index in [1.165, 1.54) is 12.1 Å². The average Bonchev–Trinajstić information content (AvgIpc) is 3.17. The number of hydrogen-bond acceptors (Lipinski definition) is 7. The molecule has 1 aliphatic rings. The topological polar surface area (TPSA) is 122 Å². The van der Waals surface area contributed by atoms with Crippen LogP contribution in [0.3, 0.4) is 0 Å². The predicted octanol–water partition coefficient (Wildman–Crippen LogP) is 2.24. The van der Waals surface area contributed by atoms with Gasteiger partial charge < -0.3 is 25.3 Å². The quantitative estimate of drug-likeness (QED) is 0.536. The van der Waals surface area contributed by atoms with Crippen molar-refractivity contribution in [2.45, 2.75) is 31.6 Å². The zero-order valence-electron chi connectivity index (χ0n) is 16.0. The molecule has 0 spiro atoms. The molecule has 0 bridgehead atoms. The molecule has 2 atom stereocenters. The number of phenols is 1. The number of carbonyl (C=O) groups is 2. The van der Waals surface area contributed by atoms with Gasteiger partial charge in [0, 0.05) is 25.2 Å². The summed E-state index contributed by atoms with van der Waals surface area (Å²) in [5, 5.41) is 18.6. The van der Waals surface area contributed by atoms with Gasteiger partial charge in [0.05, 0.1) is 6.54 Å². The van der Waals surface area contributed by atoms with Gasteiger partial charge in [0.2, 0.25) is 5.91 Å². The molecule has 1 unspecified atom stereocenters. The molecule has 2 heterocycles. The van der Waals surface area contributed by atoms with E-state index in [4.69, 9.17) is 9.57 Å². The molecule has 0 fully saturated rings. The number of halogens is 1. The number of benzene rings is 1. The van der Waals surface area contributed by atoms with Gasteiger partial charge in [-0.3, -0.25) is 9.78 Å². The number of ether oxygens (including phenoxy) is 1. The third kappa shape index (κ3) is 6.73. The summed E-state index contributed by atoms with van der Waals surface area (Å²) in [6, 6.07) is 9.01. The highest BCUT2D eigenvalue weighted by atomic mass is 79.9. The zero-order chi connectivity index (χ0) is 21.3. The fourth-order valence-electron chi connectivity index (χ4n) is 2.73. The molecule has 158 valence electrons. The van der Waals surface area contributed by atoms with E-state index >= 15 is 0 Å². The van der Waals surface area contributed by atoms with Crippen molar-refractivity contribution in [3.8, 4) is 5.75 Å². The Morgan fingerprint density at radius 1 is 1.20 bits per heavy atom. The Morgan fingerprint density at radius 3 is 2.60 bits per heavy atom. The third-order valence-electron chi connectivity index (χ3n) is 4.30. The fraction of sp³-hybridized carbons (Fsp3) is 0.300. The lowest BCUT2D eigenvalue weighted by Crippen LogP contribution is -2.49. The van der Waals surface area contributed by atoms with Crippen molar-refractivity contribution in [1.29, 1.82) is 0 Å². The van der Waals surface area contributed by atoms with Gasteiger partial charge >= 0.3 is 6.09 Å². The van der Waals surface area contributed by atoms with Gasteiger partial charge in [0.15, 0.2) is 6.10 Å². The molecule has 3 N–H and O–H groups in total. The molecule has 1 aromatic carbocycles. The average molecular weight is 477 g/mol. The first-order valence-electron chi connectivity index (χ1n) is 9.25. The summed E-state index contributed by atoms with van der Waals surface area (Å²) >= 11 is 3.25. The molecule has 30 heavy (non-hydrogen) atoms. The molecule has 0 saturated heterocycles. The highest BCUT2D eigenvalue weighted by Gasteiger charge is 2.25. The lowest BCUT2D eigenvalue weighted by Gasteiger charge is -2.19. The first-order chi connectivity index (χ1) is 14.5. The Hall–Kier alpha value is -3.14. The first kappa shape index (κ1) is 21.6. The molecular formula is C20H21BrN4O5. The second kappa shape index (κ2) is 10.6. The summed E-state index contributed by atoms with van der Waals surface area (Å²) in [6.07, 6.45) is 3.01. The second-order valence-corrected chi connectivity index (χ2v) is 7.56. The van der Waals surface area contributed by atoms with Gasteiger partial charge in [-0.15, -0.1) is 0 Å². The Morgan fingerprint density at radius 2 is 1.93 bits per heavy atom. The number of nitrogens with zero attached hydrogens (tertiary/aromatic N) is 2. The molecule has 10 heteroatoms. The van der Waals surface area contributed by atoms with Gasteiger partial charge in [-0.25, -0.2) is 4.79 Å². The molecule has 9 nitrogen and oxygen atoms in total. The van der Waals surface area contributed by atoms with Crippen molar-refractivity contribution in [3.05, 3.63) is 59.9 Å². The van der Waals surface area contributed by atoms with Crippen LogP contribution in [-0.4, -0.2) is 45.4 Å². The van der Waals surface area contributed by atoms with Crippen molar-refractivity contribution in [2.75, 3.05) is 6.54 Å². The van der Waals surface area contributed by atoms with Gasteiger partial charge in [0.25, 0.3) is 0 Å².